The lowest BCUT2D eigenvalue weighted by molar-refractivity contribution is -0.385. The first-order valence-corrected chi connectivity index (χ1v) is 7.02. The third kappa shape index (κ3) is 2.33. The highest BCUT2D eigenvalue weighted by Crippen LogP contribution is 2.40. The van der Waals surface area contributed by atoms with Crippen LogP contribution in [0.15, 0.2) is 12.4 Å². The minimum absolute atomic E-state index is 0.0973. The molecule has 1 aromatic heterocycles. The van der Waals surface area contributed by atoms with Crippen molar-refractivity contribution < 1.29 is 10.0 Å². The SMILES string of the molecule is O=[N+]([O-])c1cnc(N2CCC3(O)CCCCC3C2)nc1. The largest absolute Gasteiger partial charge is 0.389 e. The number of anilines is 1. The summed E-state index contributed by atoms with van der Waals surface area (Å²) in [5, 5.41) is 21.2. The van der Waals surface area contributed by atoms with Gasteiger partial charge < -0.3 is 10.0 Å². The summed E-state index contributed by atoms with van der Waals surface area (Å²) in [7, 11) is 0. The van der Waals surface area contributed by atoms with Gasteiger partial charge in [-0.2, -0.15) is 0 Å². The van der Waals surface area contributed by atoms with Crippen molar-refractivity contribution >= 4 is 11.6 Å². The lowest BCUT2D eigenvalue weighted by Gasteiger charge is -2.47. The maximum atomic E-state index is 10.6. The highest BCUT2D eigenvalue weighted by molar-refractivity contribution is 5.35. The van der Waals surface area contributed by atoms with E-state index in [1.54, 1.807) is 0 Å². The zero-order valence-corrected chi connectivity index (χ0v) is 11.2. The predicted molar refractivity (Wildman–Crippen MR) is 72.4 cm³/mol. The summed E-state index contributed by atoms with van der Waals surface area (Å²) in [5.74, 6) is 0.770. The average molecular weight is 278 g/mol. The van der Waals surface area contributed by atoms with Gasteiger partial charge >= 0.3 is 5.69 Å². The molecule has 7 heteroatoms. The summed E-state index contributed by atoms with van der Waals surface area (Å²) in [6.07, 6.45) is 7.36. The smallest absolute Gasteiger partial charge is 0.305 e. The molecule has 1 saturated heterocycles. The molecular weight excluding hydrogens is 260 g/mol. The number of nitrogens with zero attached hydrogens (tertiary/aromatic N) is 4. The molecule has 7 nitrogen and oxygen atoms in total. The molecule has 20 heavy (non-hydrogen) atoms. The highest BCUT2D eigenvalue weighted by Gasteiger charge is 2.43. The Balaban J connectivity index is 1.74. The molecule has 1 aliphatic carbocycles. The van der Waals surface area contributed by atoms with E-state index in [1.165, 1.54) is 12.4 Å². The zero-order valence-electron chi connectivity index (χ0n) is 11.2. The van der Waals surface area contributed by atoms with Crippen LogP contribution in [0.5, 0.6) is 0 Å². The second kappa shape index (κ2) is 4.97. The molecule has 2 aliphatic rings. The van der Waals surface area contributed by atoms with Crippen molar-refractivity contribution in [2.24, 2.45) is 5.92 Å². The molecule has 0 radical (unpaired) electrons. The Morgan fingerprint density at radius 1 is 1.35 bits per heavy atom. The van der Waals surface area contributed by atoms with Gasteiger partial charge in [-0.05, 0) is 19.3 Å². The minimum Gasteiger partial charge on any atom is -0.389 e. The van der Waals surface area contributed by atoms with Gasteiger partial charge in [0, 0.05) is 19.0 Å². The number of aliphatic hydroxyl groups is 1. The Kier molecular flexibility index (Phi) is 3.29. The topological polar surface area (TPSA) is 92.4 Å². The van der Waals surface area contributed by atoms with Gasteiger partial charge in [0.25, 0.3) is 0 Å². The minimum atomic E-state index is -0.532. The molecule has 2 atom stereocenters. The van der Waals surface area contributed by atoms with Crippen molar-refractivity contribution in [2.75, 3.05) is 18.0 Å². The molecule has 0 aromatic carbocycles. The first-order valence-electron chi connectivity index (χ1n) is 7.02. The summed E-state index contributed by atoms with van der Waals surface area (Å²) in [4.78, 5) is 20.3. The highest BCUT2D eigenvalue weighted by atomic mass is 16.6. The molecule has 1 saturated carbocycles. The molecular formula is C13H18N4O3. The zero-order chi connectivity index (χ0) is 14.2. The van der Waals surface area contributed by atoms with Crippen molar-refractivity contribution in [3.63, 3.8) is 0 Å². The van der Waals surface area contributed by atoms with Crippen LogP contribution in [0.3, 0.4) is 0 Å². The number of hydrogen-bond acceptors (Lipinski definition) is 6. The monoisotopic (exact) mass is 278 g/mol. The van der Waals surface area contributed by atoms with Gasteiger partial charge in [0.05, 0.1) is 10.5 Å². The van der Waals surface area contributed by atoms with Crippen LogP contribution in [0.1, 0.15) is 32.1 Å². The van der Waals surface area contributed by atoms with Gasteiger partial charge in [0.15, 0.2) is 0 Å². The second-order valence-electron chi connectivity index (χ2n) is 5.74. The fourth-order valence-electron chi connectivity index (χ4n) is 3.32. The van der Waals surface area contributed by atoms with Gasteiger partial charge in [-0.1, -0.05) is 12.8 Å². The number of rotatable bonds is 2. The predicted octanol–water partition coefficient (Wildman–Crippen LogP) is 1.52. The third-order valence-corrected chi connectivity index (χ3v) is 4.55. The van der Waals surface area contributed by atoms with Crippen LogP contribution in [0.2, 0.25) is 0 Å². The van der Waals surface area contributed by atoms with Gasteiger partial charge in [-0.3, -0.25) is 10.1 Å². The third-order valence-electron chi connectivity index (χ3n) is 4.55. The van der Waals surface area contributed by atoms with Crippen molar-refractivity contribution in [1.29, 1.82) is 0 Å². The normalized spacial score (nSPS) is 29.9. The lowest BCUT2D eigenvalue weighted by Crippen LogP contribution is -2.53. The van der Waals surface area contributed by atoms with E-state index in [4.69, 9.17) is 0 Å². The quantitative estimate of drug-likeness (QED) is 0.651. The van der Waals surface area contributed by atoms with E-state index in [9.17, 15) is 15.2 Å². The molecule has 1 aromatic rings. The van der Waals surface area contributed by atoms with Crippen molar-refractivity contribution in [2.45, 2.75) is 37.7 Å². The van der Waals surface area contributed by atoms with E-state index in [2.05, 4.69) is 9.97 Å². The van der Waals surface area contributed by atoms with Gasteiger partial charge in [0.2, 0.25) is 5.95 Å². The number of fused-ring (bicyclic) bond motifs is 1. The summed E-state index contributed by atoms with van der Waals surface area (Å²) in [5.41, 5.74) is -0.630. The van der Waals surface area contributed by atoms with Crippen LogP contribution in [0, 0.1) is 16.0 Å². The number of nitro groups is 1. The van der Waals surface area contributed by atoms with E-state index in [0.717, 1.165) is 38.6 Å². The standard InChI is InChI=1S/C13H18N4O3/c18-13-4-2-1-3-10(13)9-16(6-5-13)12-14-7-11(8-15-12)17(19)20/h7-8,10,18H,1-6,9H2. The van der Waals surface area contributed by atoms with Crippen LogP contribution in [-0.4, -0.2) is 38.7 Å². The summed E-state index contributed by atoms with van der Waals surface area (Å²) in [6, 6.07) is 0. The lowest BCUT2D eigenvalue weighted by atomic mass is 9.71. The molecule has 0 spiro atoms. The Morgan fingerprint density at radius 3 is 2.80 bits per heavy atom. The fraction of sp³-hybridized carbons (Fsp3) is 0.692. The van der Waals surface area contributed by atoms with Crippen LogP contribution < -0.4 is 4.90 Å². The van der Waals surface area contributed by atoms with E-state index >= 15 is 0 Å². The molecule has 1 aliphatic heterocycles. The fourth-order valence-corrected chi connectivity index (χ4v) is 3.32. The Labute approximate surface area is 116 Å². The van der Waals surface area contributed by atoms with Crippen molar-refractivity contribution in [3.05, 3.63) is 22.5 Å². The summed E-state index contributed by atoms with van der Waals surface area (Å²) in [6.45, 7) is 1.43. The molecule has 2 fully saturated rings. The molecule has 1 N–H and O–H groups in total. The average Bonchev–Trinajstić information content (AvgIpc) is 2.46. The number of aromatic nitrogens is 2. The number of piperidine rings is 1. The van der Waals surface area contributed by atoms with E-state index in [1.807, 2.05) is 4.90 Å². The molecule has 2 unspecified atom stereocenters. The molecule has 3 rings (SSSR count). The second-order valence-corrected chi connectivity index (χ2v) is 5.74. The van der Waals surface area contributed by atoms with E-state index in [-0.39, 0.29) is 11.6 Å². The van der Waals surface area contributed by atoms with Crippen LogP contribution in [-0.2, 0) is 0 Å². The first-order chi connectivity index (χ1) is 9.58. The molecule has 0 amide bonds. The Bertz CT molecular complexity index is 507. The molecule has 108 valence electrons. The summed E-state index contributed by atoms with van der Waals surface area (Å²) < 4.78 is 0. The number of hydrogen-bond donors (Lipinski definition) is 1. The van der Waals surface area contributed by atoms with Crippen LogP contribution in [0.25, 0.3) is 0 Å². The summed E-state index contributed by atoms with van der Waals surface area (Å²) >= 11 is 0. The Hall–Kier alpha value is -1.76. The van der Waals surface area contributed by atoms with E-state index in [0.29, 0.717) is 12.5 Å². The van der Waals surface area contributed by atoms with Crippen LogP contribution in [0.4, 0.5) is 11.6 Å². The van der Waals surface area contributed by atoms with Crippen LogP contribution >= 0.6 is 0 Å². The maximum absolute atomic E-state index is 10.6. The van der Waals surface area contributed by atoms with Gasteiger partial charge in [-0.25, -0.2) is 9.97 Å². The van der Waals surface area contributed by atoms with Crippen molar-refractivity contribution in [1.82, 2.24) is 9.97 Å². The molecule has 0 bridgehead atoms. The molecule has 2 heterocycles. The van der Waals surface area contributed by atoms with E-state index < -0.39 is 10.5 Å². The maximum Gasteiger partial charge on any atom is 0.305 e. The van der Waals surface area contributed by atoms with Crippen molar-refractivity contribution in [3.8, 4) is 0 Å². The first kappa shape index (κ1) is 13.2. The Morgan fingerprint density at radius 2 is 2.10 bits per heavy atom. The van der Waals surface area contributed by atoms with Gasteiger partial charge in [-0.15, -0.1) is 0 Å². The van der Waals surface area contributed by atoms with Gasteiger partial charge in [0.1, 0.15) is 12.4 Å².